The lowest BCUT2D eigenvalue weighted by molar-refractivity contribution is -0.140. The van der Waals surface area contributed by atoms with Crippen molar-refractivity contribution in [3.63, 3.8) is 0 Å². The number of hydrogen-bond acceptors (Lipinski definition) is 5. The van der Waals surface area contributed by atoms with E-state index in [2.05, 4.69) is 20.7 Å². The lowest BCUT2D eigenvalue weighted by Gasteiger charge is -2.18. The van der Waals surface area contributed by atoms with Crippen molar-refractivity contribution in [1.29, 1.82) is 0 Å². The van der Waals surface area contributed by atoms with Crippen molar-refractivity contribution < 1.29 is 14.3 Å². The van der Waals surface area contributed by atoms with Gasteiger partial charge in [0, 0.05) is 12.2 Å². The van der Waals surface area contributed by atoms with Crippen LogP contribution in [0.25, 0.3) is 0 Å². The lowest BCUT2D eigenvalue weighted by atomic mass is 10.1. The summed E-state index contributed by atoms with van der Waals surface area (Å²) >= 11 is 1.80. The Kier molecular flexibility index (Phi) is 4.11. The molecule has 0 saturated carbocycles. The van der Waals surface area contributed by atoms with Gasteiger partial charge < -0.3 is 20.7 Å². The van der Waals surface area contributed by atoms with Crippen LogP contribution >= 0.6 is 11.8 Å². The molecule has 2 heterocycles. The van der Waals surface area contributed by atoms with Gasteiger partial charge in [-0.3, -0.25) is 4.79 Å². The van der Waals surface area contributed by atoms with Crippen LogP contribution in [0, 0.1) is 0 Å². The van der Waals surface area contributed by atoms with Crippen molar-refractivity contribution in [2.75, 3.05) is 19.4 Å². The summed E-state index contributed by atoms with van der Waals surface area (Å²) in [6.45, 7) is 0.756. The summed E-state index contributed by atoms with van der Waals surface area (Å²) in [6.07, 6.45) is 1.18. The van der Waals surface area contributed by atoms with Gasteiger partial charge in [0.25, 0.3) is 0 Å². The highest BCUT2D eigenvalue weighted by Crippen LogP contribution is 2.27. The second kappa shape index (κ2) is 5.59. The Morgan fingerprint density at radius 1 is 1.59 bits per heavy atom. The van der Waals surface area contributed by atoms with Gasteiger partial charge in [0.05, 0.1) is 24.6 Å². The predicted molar refractivity (Wildman–Crippen MR) is 64.7 cm³/mol. The molecule has 3 atom stereocenters. The Morgan fingerprint density at radius 3 is 3.18 bits per heavy atom. The van der Waals surface area contributed by atoms with Crippen LogP contribution in [0.2, 0.25) is 0 Å². The standard InChI is InChI=1S/C10H17N3O3S/c1-16-7(14)3-2-4-11-9-8-6(5-17-9)12-10(15)13-8/h6,8-9,11H,2-5H2,1H3,(H2,12,13,15). The monoisotopic (exact) mass is 259 g/mol. The highest BCUT2D eigenvalue weighted by molar-refractivity contribution is 8.00. The van der Waals surface area contributed by atoms with Crippen LogP contribution < -0.4 is 16.0 Å². The molecule has 0 aliphatic carbocycles. The zero-order valence-electron chi connectivity index (χ0n) is 9.69. The molecule has 0 spiro atoms. The van der Waals surface area contributed by atoms with Crippen molar-refractivity contribution in [2.45, 2.75) is 30.3 Å². The number of rotatable bonds is 5. The molecule has 6 nitrogen and oxygen atoms in total. The van der Waals surface area contributed by atoms with E-state index in [1.165, 1.54) is 7.11 Å². The molecule has 3 unspecified atom stereocenters. The maximum atomic E-state index is 11.1. The van der Waals surface area contributed by atoms with Gasteiger partial charge in [-0.25, -0.2) is 4.79 Å². The molecule has 2 saturated heterocycles. The molecular formula is C10H17N3O3S. The Balaban J connectivity index is 1.66. The highest BCUT2D eigenvalue weighted by Gasteiger charge is 2.42. The largest absolute Gasteiger partial charge is 0.469 e. The molecule has 0 aromatic rings. The molecular weight excluding hydrogens is 242 g/mol. The molecule has 3 N–H and O–H groups in total. The number of methoxy groups -OCH3 is 1. The van der Waals surface area contributed by atoms with Crippen molar-refractivity contribution in [3.8, 4) is 0 Å². The molecule has 2 fully saturated rings. The predicted octanol–water partition coefficient (Wildman–Crippen LogP) is -0.348. The summed E-state index contributed by atoms with van der Waals surface area (Å²) in [5.74, 6) is 0.748. The van der Waals surface area contributed by atoms with E-state index in [4.69, 9.17) is 0 Å². The fourth-order valence-electron chi connectivity index (χ4n) is 2.06. The molecule has 17 heavy (non-hydrogen) atoms. The van der Waals surface area contributed by atoms with E-state index in [1.807, 2.05) is 0 Å². The number of carbonyl (C=O) groups is 2. The van der Waals surface area contributed by atoms with Gasteiger partial charge in [-0.2, -0.15) is 0 Å². The van der Waals surface area contributed by atoms with Gasteiger partial charge in [0.1, 0.15) is 0 Å². The third kappa shape index (κ3) is 3.04. The van der Waals surface area contributed by atoms with E-state index < -0.39 is 0 Å². The van der Waals surface area contributed by atoms with Gasteiger partial charge in [0.2, 0.25) is 0 Å². The minimum absolute atomic E-state index is 0.0818. The van der Waals surface area contributed by atoms with Crippen molar-refractivity contribution >= 4 is 23.8 Å². The first kappa shape index (κ1) is 12.5. The smallest absolute Gasteiger partial charge is 0.315 e. The van der Waals surface area contributed by atoms with E-state index in [0.29, 0.717) is 6.42 Å². The molecule has 2 aliphatic heterocycles. The van der Waals surface area contributed by atoms with Gasteiger partial charge >= 0.3 is 12.0 Å². The molecule has 2 aliphatic rings. The fraction of sp³-hybridized carbons (Fsp3) is 0.800. The van der Waals surface area contributed by atoms with Crippen LogP contribution in [0.15, 0.2) is 0 Å². The number of fused-ring (bicyclic) bond motifs is 1. The quantitative estimate of drug-likeness (QED) is 0.357. The Morgan fingerprint density at radius 2 is 2.41 bits per heavy atom. The molecule has 0 aromatic heterocycles. The van der Waals surface area contributed by atoms with E-state index in [0.717, 1.165) is 18.7 Å². The molecule has 0 bridgehead atoms. The first-order valence-electron chi connectivity index (χ1n) is 5.69. The molecule has 2 amide bonds. The van der Waals surface area contributed by atoms with Gasteiger partial charge in [-0.05, 0) is 13.0 Å². The Hall–Kier alpha value is -0.950. The number of esters is 1. The van der Waals surface area contributed by atoms with Crippen LogP contribution in [-0.4, -0.2) is 48.9 Å². The van der Waals surface area contributed by atoms with Crippen LogP contribution in [0.3, 0.4) is 0 Å². The summed E-state index contributed by atoms with van der Waals surface area (Å²) in [5.41, 5.74) is 0. The third-order valence-electron chi connectivity index (χ3n) is 2.96. The Bertz CT molecular complexity index is 313. The summed E-state index contributed by atoms with van der Waals surface area (Å²) in [6, 6.07) is 0.304. The SMILES string of the molecule is COC(=O)CCCNC1SCC2NC(=O)NC21. The van der Waals surface area contributed by atoms with Gasteiger partial charge in [0.15, 0.2) is 0 Å². The van der Waals surface area contributed by atoms with Crippen molar-refractivity contribution in [1.82, 2.24) is 16.0 Å². The van der Waals surface area contributed by atoms with Crippen molar-refractivity contribution in [2.24, 2.45) is 0 Å². The summed E-state index contributed by atoms with van der Waals surface area (Å²) in [4.78, 5) is 22.1. The maximum absolute atomic E-state index is 11.1. The number of ether oxygens (including phenoxy) is 1. The van der Waals surface area contributed by atoms with E-state index >= 15 is 0 Å². The van der Waals surface area contributed by atoms with Crippen LogP contribution in [0.4, 0.5) is 4.79 Å². The van der Waals surface area contributed by atoms with Crippen LogP contribution in [-0.2, 0) is 9.53 Å². The first-order valence-corrected chi connectivity index (χ1v) is 6.74. The van der Waals surface area contributed by atoms with Gasteiger partial charge in [-0.1, -0.05) is 0 Å². The maximum Gasteiger partial charge on any atom is 0.315 e. The lowest BCUT2D eigenvalue weighted by Crippen LogP contribution is -2.44. The van der Waals surface area contributed by atoms with E-state index in [-0.39, 0.29) is 29.5 Å². The second-order valence-electron chi connectivity index (χ2n) is 4.14. The average Bonchev–Trinajstić information content (AvgIpc) is 2.84. The number of hydrogen-bond donors (Lipinski definition) is 3. The average molecular weight is 259 g/mol. The molecule has 0 radical (unpaired) electrons. The number of amides is 2. The molecule has 96 valence electrons. The first-order chi connectivity index (χ1) is 8.20. The fourth-order valence-corrected chi connectivity index (χ4v) is 3.47. The topological polar surface area (TPSA) is 79.5 Å². The normalized spacial score (nSPS) is 30.6. The zero-order chi connectivity index (χ0) is 12.3. The summed E-state index contributed by atoms with van der Waals surface area (Å²) < 4.78 is 4.57. The number of nitrogens with one attached hydrogen (secondary N) is 3. The van der Waals surface area contributed by atoms with Crippen LogP contribution in [0.1, 0.15) is 12.8 Å². The number of urea groups is 1. The molecule has 0 aromatic carbocycles. The van der Waals surface area contributed by atoms with Gasteiger partial charge in [-0.15, -0.1) is 11.8 Å². The zero-order valence-corrected chi connectivity index (χ0v) is 10.5. The number of thioether (sulfide) groups is 1. The summed E-state index contributed by atoms with van der Waals surface area (Å²) in [5, 5.41) is 9.37. The van der Waals surface area contributed by atoms with Crippen molar-refractivity contribution in [3.05, 3.63) is 0 Å². The van der Waals surface area contributed by atoms with E-state index in [1.54, 1.807) is 11.8 Å². The minimum atomic E-state index is -0.181. The third-order valence-corrected chi connectivity index (χ3v) is 4.33. The molecule has 2 rings (SSSR count). The minimum Gasteiger partial charge on any atom is -0.469 e. The van der Waals surface area contributed by atoms with Crippen LogP contribution in [0.5, 0.6) is 0 Å². The summed E-state index contributed by atoms with van der Waals surface area (Å²) in [7, 11) is 1.40. The van der Waals surface area contributed by atoms with E-state index in [9.17, 15) is 9.59 Å². The highest BCUT2D eigenvalue weighted by atomic mass is 32.2. The molecule has 7 heteroatoms. The Labute approximate surface area is 104 Å². The number of carbonyl (C=O) groups excluding carboxylic acids is 2. The second-order valence-corrected chi connectivity index (χ2v) is 5.31.